The molecule has 204 valence electrons. The average Bonchev–Trinajstić information content (AvgIpc) is 3.21. The summed E-state index contributed by atoms with van der Waals surface area (Å²) in [5.74, 6) is 0.636. The summed E-state index contributed by atoms with van der Waals surface area (Å²) in [6.07, 6.45) is 12.7. The van der Waals surface area contributed by atoms with E-state index in [-0.39, 0.29) is 17.0 Å². The van der Waals surface area contributed by atoms with Crippen molar-refractivity contribution >= 4 is 5.70 Å². The highest BCUT2D eigenvalue weighted by Crippen LogP contribution is 2.53. The molecular formula is C38H42N2. The number of benzene rings is 3. The Balaban J connectivity index is 1.55. The number of rotatable bonds is 5. The van der Waals surface area contributed by atoms with E-state index in [1.54, 1.807) is 0 Å². The SMILES string of the molecule is CC(C)CC1=CC=C2c3ccccc3[C@](C)(c3ccc(-c4ccccc4)cc3C3C=C(C(C)(C)C)C=CN3)N2C1. The van der Waals surface area contributed by atoms with E-state index < -0.39 is 0 Å². The number of hydrogen-bond donors (Lipinski definition) is 1. The average molecular weight is 527 g/mol. The highest BCUT2D eigenvalue weighted by Gasteiger charge is 2.47. The maximum Gasteiger partial charge on any atom is 0.0892 e. The van der Waals surface area contributed by atoms with E-state index in [4.69, 9.17) is 0 Å². The van der Waals surface area contributed by atoms with Gasteiger partial charge in [0.15, 0.2) is 0 Å². The van der Waals surface area contributed by atoms with Crippen molar-refractivity contribution in [3.63, 3.8) is 0 Å². The molecule has 2 atom stereocenters. The molecule has 1 unspecified atom stereocenters. The molecule has 3 aliphatic rings. The Hall–Kier alpha value is -3.78. The van der Waals surface area contributed by atoms with Crippen LogP contribution < -0.4 is 5.32 Å². The van der Waals surface area contributed by atoms with Crippen LogP contribution in [0.1, 0.15) is 76.3 Å². The number of hydrogen-bond acceptors (Lipinski definition) is 2. The lowest BCUT2D eigenvalue weighted by atomic mass is 9.77. The molecule has 0 aromatic heterocycles. The molecule has 40 heavy (non-hydrogen) atoms. The largest absolute Gasteiger partial charge is 0.381 e. The smallest absolute Gasteiger partial charge is 0.0892 e. The molecule has 0 radical (unpaired) electrons. The van der Waals surface area contributed by atoms with Gasteiger partial charge in [0.05, 0.1) is 11.6 Å². The standard InChI is InChI=1S/C38H42N2/c1-26(2)22-27-16-19-36-31-14-10-11-15-33(31)38(6,40(36)25-27)34-18-17-29(28-12-8-7-9-13-28)23-32(34)35-24-30(20-21-39-35)37(3,4)5/h7-21,23-24,26,35,39H,22,25H2,1-6H3/t35?,38-/m1/s1. The van der Waals surface area contributed by atoms with Crippen molar-refractivity contribution in [2.75, 3.05) is 6.54 Å². The van der Waals surface area contributed by atoms with Crippen LogP contribution in [-0.4, -0.2) is 11.4 Å². The van der Waals surface area contributed by atoms with Gasteiger partial charge < -0.3 is 10.2 Å². The first kappa shape index (κ1) is 26.4. The van der Waals surface area contributed by atoms with Gasteiger partial charge >= 0.3 is 0 Å². The Labute approximate surface area is 240 Å². The van der Waals surface area contributed by atoms with Gasteiger partial charge in [0, 0.05) is 17.8 Å². The molecule has 0 fully saturated rings. The second-order valence-corrected chi connectivity index (χ2v) is 13.2. The van der Waals surface area contributed by atoms with Crippen molar-refractivity contribution in [1.82, 2.24) is 10.2 Å². The first-order chi connectivity index (χ1) is 19.2. The minimum atomic E-state index is -0.290. The summed E-state index contributed by atoms with van der Waals surface area (Å²) >= 11 is 0. The topological polar surface area (TPSA) is 15.3 Å². The molecule has 3 heterocycles. The van der Waals surface area contributed by atoms with E-state index in [0.29, 0.717) is 5.92 Å². The lowest BCUT2D eigenvalue weighted by molar-refractivity contribution is 0.253. The molecule has 3 aromatic carbocycles. The minimum absolute atomic E-state index is 0.0806. The molecule has 6 rings (SSSR count). The highest BCUT2D eigenvalue weighted by atomic mass is 15.2. The van der Waals surface area contributed by atoms with Crippen molar-refractivity contribution in [2.24, 2.45) is 11.3 Å². The van der Waals surface area contributed by atoms with Crippen molar-refractivity contribution in [3.8, 4) is 11.1 Å². The molecule has 0 aliphatic carbocycles. The van der Waals surface area contributed by atoms with Gasteiger partial charge in [-0.25, -0.2) is 0 Å². The lowest BCUT2D eigenvalue weighted by Gasteiger charge is -2.43. The van der Waals surface area contributed by atoms with E-state index in [2.05, 4.69) is 155 Å². The normalized spacial score (nSPS) is 21.8. The summed E-state index contributed by atoms with van der Waals surface area (Å²) < 4.78 is 0. The van der Waals surface area contributed by atoms with Crippen LogP contribution in [0.4, 0.5) is 0 Å². The molecule has 0 bridgehead atoms. The highest BCUT2D eigenvalue weighted by molar-refractivity contribution is 5.79. The number of dihydropyridines is 1. The van der Waals surface area contributed by atoms with Crippen LogP contribution in [0.25, 0.3) is 16.8 Å². The van der Waals surface area contributed by atoms with E-state index in [0.717, 1.165) is 13.0 Å². The van der Waals surface area contributed by atoms with Crippen LogP contribution in [0.5, 0.6) is 0 Å². The predicted octanol–water partition coefficient (Wildman–Crippen LogP) is 9.39. The van der Waals surface area contributed by atoms with Crippen LogP contribution in [-0.2, 0) is 5.54 Å². The Morgan fingerprint density at radius 1 is 0.900 bits per heavy atom. The van der Waals surface area contributed by atoms with Gasteiger partial charge in [0.2, 0.25) is 0 Å². The van der Waals surface area contributed by atoms with Crippen LogP contribution in [0.2, 0.25) is 0 Å². The molecule has 0 spiro atoms. The second kappa shape index (κ2) is 10.0. The zero-order chi connectivity index (χ0) is 28.1. The van der Waals surface area contributed by atoms with Crippen molar-refractivity contribution < 1.29 is 0 Å². The first-order valence-corrected chi connectivity index (χ1v) is 14.8. The third kappa shape index (κ3) is 4.54. The number of allylic oxidation sites excluding steroid dienone is 4. The monoisotopic (exact) mass is 526 g/mol. The maximum atomic E-state index is 3.73. The number of fused-ring (bicyclic) bond motifs is 3. The van der Waals surface area contributed by atoms with Gasteiger partial charge in [-0.3, -0.25) is 0 Å². The van der Waals surface area contributed by atoms with Gasteiger partial charge in [-0.2, -0.15) is 0 Å². The van der Waals surface area contributed by atoms with Gasteiger partial charge in [0.25, 0.3) is 0 Å². The third-order valence-electron chi connectivity index (χ3n) is 8.84. The van der Waals surface area contributed by atoms with E-state index in [9.17, 15) is 0 Å². The Kier molecular flexibility index (Phi) is 6.61. The fourth-order valence-corrected chi connectivity index (χ4v) is 6.76. The molecule has 0 amide bonds. The number of nitrogens with one attached hydrogen (secondary N) is 1. The minimum Gasteiger partial charge on any atom is -0.381 e. The fourth-order valence-electron chi connectivity index (χ4n) is 6.76. The Bertz CT molecular complexity index is 1540. The molecule has 3 aromatic rings. The van der Waals surface area contributed by atoms with Gasteiger partial charge in [0.1, 0.15) is 0 Å². The van der Waals surface area contributed by atoms with Crippen LogP contribution in [0, 0.1) is 11.3 Å². The summed E-state index contributed by atoms with van der Waals surface area (Å²) in [6, 6.07) is 27.1. The second-order valence-electron chi connectivity index (χ2n) is 13.2. The molecule has 2 heteroatoms. The van der Waals surface area contributed by atoms with Crippen LogP contribution >= 0.6 is 0 Å². The molecule has 2 nitrogen and oxygen atoms in total. The predicted molar refractivity (Wildman–Crippen MR) is 170 cm³/mol. The summed E-state index contributed by atoms with van der Waals surface area (Å²) in [7, 11) is 0. The van der Waals surface area contributed by atoms with E-state index >= 15 is 0 Å². The molecule has 1 N–H and O–H groups in total. The van der Waals surface area contributed by atoms with Gasteiger partial charge in [-0.15, -0.1) is 0 Å². The van der Waals surface area contributed by atoms with E-state index in [1.165, 1.54) is 50.2 Å². The summed E-state index contributed by atoms with van der Waals surface area (Å²) in [6.45, 7) is 14.9. The molecule has 3 aliphatic heterocycles. The molecular weight excluding hydrogens is 484 g/mol. The summed E-state index contributed by atoms with van der Waals surface area (Å²) in [4.78, 5) is 2.67. The lowest BCUT2D eigenvalue weighted by Crippen LogP contribution is -2.42. The quantitative estimate of drug-likeness (QED) is 0.356. The maximum absolute atomic E-state index is 3.73. The van der Waals surface area contributed by atoms with E-state index in [1.807, 2.05) is 0 Å². The van der Waals surface area contributed by atoms with Gasteiger partial charge in [-0.1, -0.05) is 119 Å². The third-order valence-corrected chi connectivity index (χ3v) is 8.84. The van der Waals surface area contributed by atoms with Crippen molar-refractivity contribution in [1.29, 1.82) is 0 Å². The Morgan fingerprint density at radius 2 is 1.65 bits per heavy atom. The van der Waals surface area contributed by atoms with Crippen molar-refractivity contribution in [3.05, 3.63) is 137 Å². The number of nitrogens with zero attached hydrogens (tertiary/aromatic N) is 1. The van der Waals surface area contributed by atoms with Gasteiger partial charge in [-0.05, 0) is 82.5 Å². The van der Waals surface area contributed by atoms with Crippen LogP contribution in [0.3, 0.4) is 0 Å². The van der Waals surface area contributed by atoms with Crippen LogP contribution in [0.15, 0.2) is 114 Å². The first-order valence-electron chi connectivity index (χ1n) is 14.8. The molecule has 0 saturated carbocycles. The molecule has 0 saturated heterocycles. The zero-order valence-corrected chi connectivity index (χ0v) is 24.8. The zero-order valence-electron chi connectivity index (χ0n) is 24.8. The van der Waals surface area contributed by atoms with Crippen molar-refractivity contribution in [2.45, 2.75) is 59.5 Å². The Morgan fingerprint density at radius 3 is 2.40 bits per heavy atom. The summed E-state index contributed by atoms with van der Waals surface area (Å²) in [5.41, 5.74) is 12.0. The fraction of sp³-hybridized carbons (Fsp3) is 0.316. The summed E-state index contributed by atoms with van der Waals surface area (Å²) in [5, 5.41) is 3.73.